The number of ether oxygens (including phenoxy) is 3. The van der Waals surface area contributed by atoms with Crippen LogP contribution in [0.15, 0.2) is 97.1 Å². The summed E-state index contributed by atoms with van der Waals surface area (Å²) in [5.74, 6) is -1.09. The van der Waals surface area contributed by atoms with Crippen LogP contribution in [0.1, 0.15) is 45.9 Å². The van der Waals surface area contributed by atoms with Gasteiger partial charge in [0, 0.05) is 5.56 Å². The number of nitrogens with zero attached hydrogens (tertiary/aromatic N) is 2. The van der Waals surface area contributed by atoms with E-state index >= 15 is 0 Å². The standard InChI is InChI=1S/C34H30N2O7S/c1-4-18-41-24-16-14-22(15-17-24)29(37)27-28(23-10-9-13-26(20-23)43-25-11-7-6-8-12-25)36(32(39)30(27)38)34-35-21(3)31(44-34)33(40)42-19-5-2/h5-17,20,28,37H,2,4,18-19H2,1,3H3/b29-27+. The fourth-order valence-corrected chi connectivity index (χ4v) is 5.66. The van der Waals surface area contributed by atoms with Gasteiger partial charge in [0.2, 0.25) is 0 Å². The number of thiazole rings is 1. The van der Waals surface area contributed by atoms with E-state index < -0.39 is 23.7 Å². The molecule has 0 spiro atoms. The molecule has 2 heterocycles. The van der Waals surface area contributed by atoms with Gasteiger partial charge >= 0.3 is 11.9 Å². The van der Waals surface area contributed by atoms with E-state index in [1.807, 2.05) is 25.1 Å². The molecule has 1 amide bonds. The molecule has 1 saturated heterocycles. The molecule has 3 aromatic carbocycles. The zero-order valence-corrected chi connectivity index (χ0v) is 25.0. The highest BCUT2D eigenvalue weighted by atomic mass is 32.1. The smallest absolute Gasteiger partial charge is 0.350 e. The van der Waals surface area contributed by atoms with Crippen LogP contribution < -0.4 is 14.4 Å². The van der Waals surface area contributed by atoms with Gasteiger partial charge in [0.1, 0.15) is 34.5 Å². The number of aryl methyl sites for hydroxylation is 1. The molecule has 1 fully saturated rings. The van der Waals surface area contributed by atoms with E-state index in [0.717, 1.165) is 17.8 Å². The second-order valence-corrected chi connectivity index (χ2v) is 10.8. The lowest BCUT2D eigenvalue weighted by Crippen LogP contribution is -2.29. The van der Waals surface area contributed by atoms with Gasteiger partial charge in [-0.25, -0.2) is 9.78 Å². The third-order valence-electron chi connectivity index (χ3n) is 6.71. The minimum absolute atomic E-state index is 0.00645. The van der Waals surface area contributed by atoms with Crippen molar-refractivity contribution in [2.75, 3.05) is 18.1 Å². The van der Waals surface area contributed by atoms with Crippen molar-refractivity contribution in [2.45, 2.75) is 26.3 Å². The van der Waals surface area contributed by atoms with Crippen LogP contribution in [0.5, 0.6) is 17.2 Å². The maximum atomic E-state index is 13.7. The summed E-state index contributed by atoms with van der Waals surface area (Å²) in [6, 6.07) is 21.6. The molecule has 1 aromatic heterocycles. The number of aliphatic hydroxyl groups excluding tert-OH is 1. The Hall–Kier alpha value is -5.22. The Morgan fingerprint density at radius 1 is 1.02 bits per heavy atom. The monoisotopic (exact) mass is 610 g/mol. The van der Waals surface area contributed by atoms with E-state index in [9.17, 15) is 19.5 Å². The van der Waals surface area contributed by atoms with Crippen molar-refractivity contribution in [3.63, 3.8) is 0 Å². The van der Waals surface area contributed by atoms with Crippen molar-refractivity contribution in [3.8, 4) is 17.2 Å². The van der Waals surface area contributed by atoms with Crippen LogP contribution >= 0.6 is 11.3 Å². The zero-order valence-electron chi connectivity index (χ0n) is 24.2. The molecule has 1 N–H and O–H groups in total. The van der Waals surface area contributed by atoms with E-state index in [1.54, 1.807) is 67.6 Å². The van der Waals surface area contributed by atoms with Gasteiger partial charge in [0.05, 0.1) is 23.9 Å². The molecule has 1 atom stereocenters. The average Bonchev–Trinajstić information content (AvgIpc) is 3.55. The van der Waals surface area contributed by atoms with E-state index in [2.05, 4.69) is 11.6 Å². The maximum Gasteiger partial charge on any atom is 0.350 e. The van der Waals surface area contributed by atoms with Crippen LogP contribution in [0, 0.1) is 6.92 Å². The molecule has 5 rings (SSSR count). The number of para-hydroxylation sites is 1. The molecule has 0 bridgehead atoms. The number of aliphatic hydroxyl groups is 1. The predicted octanol–water partition coefficient (Wildman–Crippen LogP) is 7.00. The van der Waals surface area contributed by atoms with Crippen molar-refractivity contribution < 1.29 is 33.7 Å². The van der Waals surface area contributed by atoms with Crippen molar-refractivity contribution in [2.24, 2.45) is 0 Å². The first-order valence-corrected chi connectivity index (χ1v) is 14.8. The summed E-state index contributed by atoms with van der Waals surface area (Å²) in [6.07, 6.45) is 2.28. The Morgan fingerprint density at radius 2 is 1.75 bits per heavy atom. The van der Waals surface area contributed by atoms with Crippen molar-refractivity contribution >= 4 is 39.9 Å². The van der Waals surface area contributed by atoms with Gasteiger partial charge in [-0.05, 0) is 67.4 Å². The second-order valence-electron chi connectivity index (χ2n) is 9.83. The fraction of sp³-hybridized carbons (Fsp3) is 0.176. The van der Waals surface area contributed by atoms with Crippen LogP contribution in [0.4, 0.5) is 5.13 Å². The van der Waals surface area contributed by atoms with E-state index in [1.165, 1.54) is 11.0 Å². The number of carbonyl (C=O) groups excluding carboxylic acids is 3. The Labute approximate surface area is 258 Å². The lowest BCUT2D eigenvalue weighted by atomic mass is 9.95. The van der Waals surface area contributed by atoms with Crippen molar-refractivity contribution in [1.29, 1.82) is 0 Å². The minimum atomic E-state index is -1.08. The highest BCUT2D eigenvalue weighted by Crippen LogP contribution is 2.44. The van der Waals surface area contributed by atoms with Crippen LogP contribution in [0.3, 0.4) is 0 Å². The van der Waals surface area contributed by atoms with E-state index in [-0.39, 0.29) is 27.9 Å². The summed E-state index contributed by atoms with van der Waals surface area (Å²) in [6.45, 7) is 7.71. The van der Waals surface area contributed by atoms with Gasteiger partial charge in [-0.1, -0.05) is 61.2 Å². The molecular formula is C34H30N2O7S. The summed E-state index contributed by atoms with van der Waals surface area (Å²) in [7, 11) is 0. The molecule has 1 unspecified atom stereocenters. The third-order valence-corrected chi connectivity index (χ3v) is 7.84. The molecule has 0 aliphatic carbocycles. The van der Waals surface area contributed by atoms with Crippen LogP contribution in [0.25, 0.3) is 5.76 Å². The van der Waals surface area contributed by atoms with E-state index in [0.29, 0.717) is 40.7 Å². The van der Waals surface area contributed by atoms with Crippen LogP contribution in [0.2, 0.25) is 0 Å². The first-order chi connectivity index (χ1) is 21.3. The van der Waals surface area contributed by atoms with Gasteiger partial charge in [-0.2, -0.15) is 0 Å². The first kappa shape index (κ1) is 30.2. The number of carbonyl (C=O) groups is 3. The SMILES string of the molecule is C=CCOC(=O)c1sc(N2C(=O)C(=O)/C(=C(/O)c3ccc(OCCC)cc3)C2c2cccc(Oc3ccccc3)c2)nc1C. The molecule has 1 aliphatic rings. The molecular weight excluding hydrogens is 580 g/mol. The summed E-state index contributed by atoms with van der Waals surface area (Å²) >= 11 is 0.926. The normalized spacial score (nSPS) is 15.7. The lowest BCUT2D eigenvalue weighted by Gasteiger charge is -2.23. The Morgan fingerprint density at radius 3 is 2.45 bits per heavy atom. The molecule has 4 aromatic rings. The van der Waals surface area contributed by atoms with Crippen molar-refractivity contribution in [1.82, 2.24) is 4.98 Å². The summed E-state index contributed by atoms with van der Waals surface area (Å²) in [4.78, 5) is 45.8. The van der Waals surface area contributed by atoms with Crippen LogP contribution in [-0.4, -0.2) is 41.0 Å². The Kier molecular flexibility index (Phi) is 9.20. The molecule has 0 saturated carbocycles. The topological polar surface area (TPSA) is 115 Å². The first-order valence-electron chi connectivity index (χ1n) is 13.9. The Balaban J connectivity index is 1.62. The van der Waals surface area contributed by atoms with Gasteiger partial charge in [0.25, 0.3) is 5.78 Å². The number of hydrogen-bond acceptors (Lipinski definition) is 9. The maximum absolute atomic E-state index is 13.7. The predicted molar refractivity (Wildman–Crippen MR) is 167 cm³/mol. The molecule has 10 heteroatoms. The lowest BCUT2D eigenvalue weighted by molar-refractivity contribution is -0.132. The molecule has 1 aliphatic heterocycles. The summed E-state index contributed by atoms with van der Waals surface area (Å²) < 4.78 is 16.9. The number of Topliss-reactive ketones (excluding diaryl/α,β-unsaturated/α-hetero) is 1. The van der Waals surface area contributed by atoms with Gasteiger partial charge < -0.3 is 19.3 Å². The van der Waals surface area contributed by atoms with Crippen LogP contribution in [-0.2, 0) is 14.3 Å². The number of rotatable bonds is 11. The molecule has 9 nitrogen and oxygen atoms in total. The van der Waals surface area contributed by atoms with Crippen molar-refractivity contribution in [3.05, 3.63) is 119 Å². The second kappa shape index (κ2) is 13.4. The third kappa shape index (κ3) is 6.25. The minimum Gasteiger partial charge on any atom is -0.507 e. The zero-order chi connectivity index (χ0) is 31.2. The van der Waals surface area contributed by atoms with Gasteiger partial charge in [-0.15, -0.1) is 0 Å². The molecule has 224 valence electrons. The number of hydrogen-bond donors (Lipinski definition) is 1. The number of amides is 1. The highest BCUT2D eigenvalue weighted by Gasteiger charge is 2.48. The summed E-state index contributed by atoms with van der Waals surface area (Å²) in [5, 5.41) is 11.6. The molecule has 0 radical (unpaired) electrons. The average molecular weight is 611 g/mol. The molecule has 44 heavy (non-hydrogen) atoms. The number of benzene rings is 3. The number of ketones is 1. The highest BCUT2D eigenvalue weighted by molar-refractivity contribution is 7.17. The fourth-order valence-electron chi connectivity index (χ4n) is 4.68. The van der Waals surface area contributed by atoms with E-state index in [4.69, 9.17) is 14.2 Å². The number of esters is 1. The summed E-state index contributed by atoms with van der Waals surface area (Å²) in [5.41, 5.74) is 1.03. The largest absolute Gasteiger partial charge is 0.507 e. The quantitative estimate of drug-likeness (QED) is 0.0635. The van der Waals surface area contributed by atoms with Gasteiger partial charge in [0.15, 0.2) is 5.13 Å². The van der Waals surface area contributed by atoms with Gasteiger partial charge in [-0.3, -0.25) is 14.5 Å². The number of aromatic nitrogens is 1. The Bertz CT molecular complexity index is 1730. The number of anilines is 1.